The van der Waals surface area contributed by atoms with Gasteiger partial charge in [-0.15, -0.1) is 0 Å². The van der Waals surface area contributed by atoms with Gasteiger partial charge in [0.2, 0.25) is 11.6 Å². The van der Waals surface area contributed by atoms with E-state index in [0.29, 0.717) is 7.94 Å². The minimum Gasteiger partial charge on any atom is -0.457 e. The van der Waals surface area contributed by atoms with E-state index < -0.39 is 41.5 Å². The number of hydrogen-bond acceptors (Lipinski definition) is 11. The number of benzene rings is 2. The minimum absolute atomic E-state index is 0.0849. The van der Waals surface area contributed by atoms with Gasteiger partial charge in [-0.2, -0.15) is 16.8 Å². The van der Waals surface area contributed by atoms with Crippen LogP contribution in [-0.4, -0.2) is 44.6 Å². The van der Waals surface area contributed by atoms with E-state index in [1.54, 1.807) is 0 Å². The Kier molecular flexibility index (Phi) is 6.26. The van der Waals surface area contributed by atoms with Gasteiger partial charge in [-0.25, -0.2) is 9.97 Å². The fourth-order valence-electron chi connectivity index (χ4n) is 3.39. The fourth-order valence-corrected chi connectivity index (χ4v) is 6.28. The molecule has 0 N–H and O–H groups in total. The van der Waals surface area contributed by atoms with Crippen LogP contribution in [0.25, 0.3) is 0 Å². The van der Waals surface area contributed by atoms with Crippen molar-refractivity contribution in [1.82, 2.24) is 17.9 Å². The zero-order valence-corrected chi connectivity index (χ0v) is 20.6. The van der Waals surface area contributed by atoms with E-state index in [0.717, 1.165) is 12.4 Å². The van der Waals surface area contributed by atoms with E-state index in [9.17, 15) is 37.1 Å². The number of aromatic nitrogens is 4. The lowest BCUT2D eigenvalue weighted by atomic mass is 10.3. The molecule has 2 aromatic heterocycles. The number of ether oxygens (including phenoxy) is 1. The molecule has 0 aliphatic heterocycles. The Labute approximate surface area is 209 Å². The van der Waals surface area contributed by atoms with Gasteiger partial charge in [-0.05, 0) is 58.4 Å². The van der Waals surface area contributed by atoms with Crippen LogP contribution in [-0.2, 0) is 20.0 Å². The molecule has 17 heteroatoms. The summed E-state index contributed by atoms with van der Waals surface area (Å²) in [5.41, 5.74) is 0. The molecule has 4 rings (SSSR count). The van der Waals surface area contributed by atoms with Crippen molar-refractivity contribution in [3.05, 3.63) is 92.8 Å². The lowest BCUT2D eigenvalue weighted by Crippen LogP contribution is -2.16. The second-order valence-corrected chi connectivity index (χ2v) is 11.0. The normalized spacial score (nSPS) is 11.8. The molecule has 37 heavy (non-hydrogen) atoms. The second kappa shape index (κ2) is 9.10. The molecular formula is C20H16N6O9S2. The Morgan fingerprint density at radius 1 is 0.676 bits per heavy atom. The summed E-state index contributed by atoms with van der Waals surface area (Å²) < 4.78 is 58.3. The maximum absolute atomic E-state index is 12.9. The summed E-state index contributed by atoms with van der Waals surface area (Å²) in [5, 5.41) is 22.3. The van der Waals surface area contributed by atoms with Crippen molar-refractivity contribution in [2.75, 3.05) is 0 Å². The summed E-state index contributed by atoms with van der Waals surface area (Å²) in [5.74, 6) is -1.20. The first kappa shape index (κ1) is 25.5. The third-order valence-electron chi connectivity index (χ3n) is 5.07. The van der Waals surface area contributed by atoms with Crippen LogP contribution in [0.5, 0.6) is 11.5 Å². The average molecular weight is 549 g/mol. The van der Waals surface area contributed by atoms with Crippen LogP contribution in [0, 0.1) is 34.1 Å². The Hall–Kier alpha value is -4.64. The van der Waals surface area contributed by atoms with Gasteiger partial charge in [0.25, 0.3) is 0 Å². The summed E-state index contributed by atoms with van der Waals surface area (Å²) in [6.07, 6.45) is 1.70. The van der Waals surface area contributed by atoms with Crippen molar-refractivity contribution < 1.29 is 31.4 Å². The Bertz CT molecular complexity index is 1610. The third-order valence-corrected chi connectivity index (χ3v) is 8.67. The highest BCUT2D eigenvalue weighted by Gasteiger charge is 2.32. The molecule has 0 unspecified atom stereocenters. The number of nitrogens with zero attached hydrogens (tertiary/aromatic N) is 6. The van der Waals surface area contributed by atoms with Crippen molar-refractivity contribution in [3.8, 4) is 11.5 Å². The molecule has 192 valence electrons. The molecule has 0 bridgehead atoms. The van der Waals surface area contributed by atoms with Gasteiger partial charge in [0.15, 0.2) is 0 Å². The molecule has 0 radical (unpaired) electrons. The van der Waals surface area contributed by atoms with E-state index in [2.05, 4.69) is 9.97 Å². The molecule has 0 fully saturated rings. The van der Waals surface area contributed by atoms with Crippen LogP contribution in [0.3, 0.4) is 0 Å². The molecule has 0 amide bonds. The monoisotopic (exact) mass is 548 g/mol. The highest BCUT2D eigenvalue weighted by molar-refractivity contribution is 7.90. The standard InChI is InChI=1S/C20H16N6O9S2/c1-13-21-11-19(25(27)28)23(13)36(31,32)17-7-3-15(4-8-17)35-16-5-9-18(10-6-16)37(33,34)24-14(2)22-12-20(24)26(29)30/h3-12H,1-2H3. The van der Waals surface area contributed by atoms with E-state index in [1.165, 1.54) is 62.4 Å². The maximum atomic E-state index is 12.9. The van der Waals surface area contributed by atoms with E-state index in [4.69, 9.17) is 4.74 Å². The highest BCUT2D eigenvalue weighted by Crippen LogP contribution is 2.28. The number of nitro groups is 2. The van der Waals surface area contributed by atoms with E-state index in [1.807, 2.05) is 0 Å². The van der Waals surface area contributed by atoms with Crippen LogP contribution < -0.4 is 4.74 Å². The molecule has 0 spiro atoms. The number of hydrogen-bond donors (Lipinski definition) is 0. The first-order valence-electron chi connectivity index (χ1n) is 10.1. The Morgan fingerprint density at radius 3 is 1.30 bits per heavy atom. The van der Waals surface area contributed by atoms with Crippen molar-refractivity contribution >= 4 is 31.7 Å². The van der Waals surface area contributed by atoms with Gasteiger partial charge in [0.05, 0.1) is 0 Å². The quantitative estimate of drug-likeness (QED) is 0.231. The SMILES string of the molecule is Cc1ncc([N+](=O)[O-])n1S(=O)(=O)c1ccc(Oc2ccc(S(=O)(=O)n3c([N+](=O)[O-])cnc3C)cc2)cc1. The van der Waals surface area contributed by atoms with Crippen molar-refractivity contribution in [2.45, 2.75) is 23.6 Å². The molecule has 0 saturated heterocycles. The van der Waals surface area contributed by atoms with Gasteiger partial charge < -0.3 is 25.0 Å². The van der Waals surface area contributed by atoms with Crippen molar-refractivity contribution in [3.63, 3.8) is 0 Å². The largest absolute Gasteiger partial charge is 0.457 e. The molecule has 0 atom stereocenters. The van der Waals surface area contributed by atoms with Gasteiger partial charge >= 0.3 is 31.7 Å². The number of rotatable bonds is 8. The molecule has 15 nitrogen and oxygen atoms in total. The lowest BCUT2D eigenvalue weighted by molar-refractivity contribution is -0.390. The average Bonchev–Trinajstić information content (AvgIpc) is 3.43. The van der Waals surface area contributed by atoms with Gasteiger partial charge in [-0.3, -0.25) is 0 Å². The van der Waals surface area contributed by atoms with Crippen LogP contribution in [0.2, 0.25) is 0 Å². The van der Waals surface area contributed by atoms with E-state index >= 15 is 0 Å². The van der Waals surface area contributed by atoms with Crippen LogP contribution in [0.1, 0.15) is 11.6 Å². The minimum atomic E-state index is -4.31. The molecular weight excluding hydrogens is 532 g/mol. The summed E-state index contributed by atoms with van der Waals surface area (Å²) >= 11 is 0. The van der Waals surface area contributed by atoms with Gasteiger partial charge in [-0.1, -0.05) is 7.94 Å². The lowest BCUT2D eigenvalue weighted by Gasteiger charge is -2.09. The van der Waals surface area contributed by atoms with Crippen molar-refractivity contribution in [1.29, 1.82) is 0 Å². The van der Waals surface area contributed by atoms with E-state index in [-0.39, 0.29) is 32.9 Å². The summed E-state index contributed by atoms with van der Waals surface area (Å²) in [4.78, 5) is 27.5. The third kappa shape index (κ3) is 4.52. The van der Waals surface area contributed by atoms with Crippen molar-refractivity contribution in [2.24, 2.45) is 0 Å². The maximum Gasteiger partial charge on any atom is 0.358 e. The van der Waals surface area contributed by atoms with Crippen LogP contribution in [0.15, 0.2) is 70.7 Å². The van der Waals surface area contributed by atoms with Crippen LogP contribution >= 0.6 is 0 Å². The zero-order chi connectivity index (χ0) is 27.1. The Balaban J connectivity index is 1.57. The smallest absolute Gasteiger partial charge is 0.358 e. The molecule has 0 aliphatic rings. The van der Waals surface area contributed by atoms with Gasteiger partial charge in [0, 0.05) is 13.8 Å². The zero-order valence-electron chi connectivity index (χ0n) is 18.9. The topological polar surface area (TPSA) is 199 Å². The summed E-state index contributed by atoms with van der Waals surface area (Å²) in [6.45, 7) is 2.64. The predicted molar refractivity (Wildman–Crippen MR) is 125 cm³/mol. The second-order valence-electron chi connectivity index (χ2n) is 7.43. The molecule has 2 heterocycles. The molecule has 4 aromatic rings. The molecule has 2 aromatic carbocycles. The fraction of sp³-hybridized carbons (Fsp3) is 0.100. The van der Waals surface area contributed by atoms with Gasteiger partial charge in [0.1, 0.15) is 33.7 Å². The highest BCUT2D eigenvalue weighted by atomic mass is 32.2. The number of imidazole rings is 2. The first-order chi connectivity index (χ1) is 17.3. The molecule has 0 aliphatic carbocycles. The predicted octanol–water partition coefficient (Wildman–Crippen LogP) is 2.78. The number of aryl methyl sites for hydroxylation is 2. The summed E-state index contributed by atoms with van der Waals surface area (Å²) in [7, 11) is -8.63. The Morgan fingerprint density at radius 2 is 1.00 bits per heavy atom. The summed E-state index contributed by atoms with van der Waals surface area (Å²) in [6, 6.07) is 10.0. The molecule has 0 saturated carbocycles. The van der Waals surface area contributed by atoms with Crippen LogP contribution in [0.4, 0.5) is 11.6 Å². The first-order valence-corrected chi connectivity index (χ1v) is 13.0.